The van der Waals surface area contributed by atoms with Gasteiger partial charge in [-0.15, -0.1) is 0 Å². The van der Waals surface area contributed by atoms with Gasteiger partial charge in [-0.2, -0.15) is 0 Å². The summed E-state index contributed by atoms with van der Waals surface area (Å²) in [7, 11) is 0. The molecule has 0 aliphatic rings. The van der Waals surface area contributed by atoms with Gasteiger partial charge >= 0.3 is 5.97 Å². The van der Waals surface area contributed by atoms with Crippen molar-refractivity contribution in [2.45, 2.75) is 38.8 Å². The molecule has 1 heterocycles. The highest BCUT2D eigenvalue weighted by Crippen LogP contribution is 2.13. The maximum absolute atomic E-state index is 11.8. The van der Waals surface area contributed by atoms with Crippen molar-refractivity contribution in [2.75, 3.05) is 6.61 Å². The molecule has 0 aliphatic heterocycles. The zero-order valence-electron chi connectivity index (χ0n) is 11.6. The molecule has 112 valence electrons. The number of carbonyl (C=O) groups excluding carboxylic acids is 1. The number of carboxylic acid groups (broad SMARTS) is 1. The molecule has 0 fully saturated rings. The van der Waals surface area contributed by atoms with Crippen LogP contribution >= 0.6 is 11.6 Å². The van der Waals surface area contributed by atoms with Crippen molar-refractivity contribution in [1.82, 2.24) is 5.32 Å². The third-order valence-corrected chi connectivity index (χ3v) is 2.55. The van der Waals surface area contributed by atoms with Crippen LogP contribution in [0.1, 0.15) is 37.7 Å². The Kier molecular flexibility index (Phi) is 5.59. The van der Waals surface area contributed by atoms with E-state index < -0.39 is 17.9 Å². The van der Waals surface area contributed by atoms with Crippen LogP contribution in [-0.4, -0.2) is 35.2 Å². The van der Waals surface area contributed by atoms with E-state index in [1.165, 1.54) is 12.1 Å². The Morgan fingerprint density at radius 2 is 2.10 bits per heavy atom. The van der Waals surface area contributed by atoms with Crippen molar-refractivity contribution >= 4 is 23.5 Å². The fourth-order valence-corrected chi connectivity index (χ4v) is 1.55. The van der Waals surface area contributed by atoms with Crippen LogP contribution in [-0.2, 0) is 9.53 Å². The van der Waals surface area contributed by atoms with Gasteiger partial charge in [0.15, 0.2) is 11.0 Å². The van der Waals surface area contributed by atoms with E-state index in [1.54, 1.807) is 0 Å². The number of amides is 1. The van der Waals surface area contributed by atoms with Gasteiger partial charge in [0.05, 0.1) is 5.60 Å². The molecule has 1 aromatic rings. The van der Waals surface area contributed by atoms with Gasteiger partial charge in [-0.3, -0.25) is 4.79 Å². The number of rotatable bonds is 6. The number of halogens is 1. The first kappa shape index (κ1) is 16.5. The summed E-state index contributed by atoms with van der Waals surface area (Å²) in [5, 5.41) is 11.5. The van der Waals surface area contributed by atoms with E-state index in [1.807, 2.05) is 20.8 Å². The molecule has 6 nitrogen and oxygen atoms in total. The third kappa shape index (κ3) is 5.63. The highest BCUT2D eigenvalue weighted by atomic mass is 35.5. The minimum atomic E-state index is -1.13. The van der Waals surface area contributed by atoms with E-state index in [0.29, 0.717) is 0 Å². The number of ether oxygens (including phenoxy) is 1. The van der Waals surface area contributed by atoms with Gasteiger partial charge in [0.1, 0.15) is 6.04 Å². The molecular weight excluding hydrogens is 286 g/mol. The summed E-state index contributed by atoms with van der Waals surface area (Å²) in [5.41, 5.74) is -0.360. The number of aliphatic carboxylic acids is 1. The first-order chi connectivity index (χ1) is 9.19. The van der Waals surface area contributed by atoms with Crippen LogP contribution in [0.4, 0.5) is 0 Å². The molecule has 1 unspecified atom stereocenters. The van der Waals surface area contributed by atoms with Crippen molar-refractivity contribution in [2.24, 2.45) is 0 Å². The molecule has 1 rings (SSSR count). The molecule has 1 amide bonds. The zero-order chi connectivity index (χ0) is 15.3. The van der Waals surface area contributed by atoms with Gasteiger partial charge in [-0.1, -0.05) is 0 Å². The minimum Gasteiger partial charge on any atom is -0.480 e. The second kappa shape index (κ2) is 6.76. The van der Waals surface area contributed by atoms with E-state index in [4.69, 9.17) is 25.9 Å². The first-order valence-electron chi connectivity index (χ1n) is 6.12. The molecule has 0 saturated heterocycles. The van der Waals surface area contributed by atoms with Gasteiger partial charge in [0.25, 0.3) is 5.91 Å². The second-order valence-electron chi connectivity index (χ2n) is 5.22. The summed E-state index contributed by atoms with van der Waals surface area (Å²) in [6, 6.07) is 1.74. The predicted molar refractivity (Wildman–Crippen MR) is 72.9 cm³/mol. The topological polar surface area (TPSA) is 88.8 Å². The monoisotopic (exact) mass is 303 g/mol. The van der Waals surface area contributed by atoms with Crippen molar-refractivity contribution in [1.29, 1.82) is 0 Å². The van der Waals surface area contributed by atoms with Crippen LogP contribution in [0.3, 0.4) is 0 Å². The lowest BCUT2D eigenvalue weighted by Crippen LogP contribution is -2.41. The number of hydrogen-bond donors (Lipinski definition) is 2. The normalized spacial score (nSPS) is 13.0. The Balaban J connectivity index is 2.55. The molecular formula is C13H18ClNO5. The SMILES string of the molecule is CC(C)(C)OCCC(NC(=O)c1ccc(Cl)o1)C(=O)O. The van der Waals surface area contributed by atoms with Gasteiger partial charge in [-0.25, -0.2) is 4.79 Å². The average molecular weight is 304 g/mol. The number of carbonyl (C=O) groups is 2. The summed E-state index contributed by atoms with van der Waals surface area (Å²) in [5.74, 6) is -1.79. The summed E-state index contributed by atoms with van der Waals surface area (Å²) >= 11 is 5.55. The number of furan rings is 1. The van der Waals surface area contributed by atoms with E-state index in [2.05, 4.69) is 5.32 Å². The third-order valence-electron chi connectivity index (χ3n) is 2.34. The Morgan fingerprint density at radius 1 is 1.45 bits per heavy atom. The quantitative estimate of drug-likeness (QED) is 0.842. The molecule has 0 radical (unpaired) electrons. The van der Waals surface area contributed by atoms with Gasteiger partial charge in [0.2, 0.25) is 0 Å². The van der Waals surface area contributed by atoms with E-state index in [9.17, 15) is 9.59 Å². The highest BCUT2D eigenvalue weighted by molar-refractivity contribution is 6.29. The Labute approximate surface area is 122 Å². The molecule has 7 heteroatoms. The van der Waals surface area contributed by atoms with E-state index >= 15 is 0 Å². The first-order valence-corrected chi connectivity index (χ1v) is 6.50. The van der Waals surface area contributed by atoms with Crippen LogP contribution in [0.25, 0.3) is 0 Å². The lowest BCUT2D eigenvalue weighted by atomic mass is 10.1. The molecule has 0 aromatic carbocycles. The smallest absolute Gasteiger partial charge is 0.326 e. The maximum Gasteiger partial charge on any atom is 0.326 e. The molecule has 2 N–H and O–H groups in total. The largest absolute Gasteiger partial charge is 0.480 e. The molecule has 0 saturated carbocycles. The number of hydrogen-bond acceptors (Lipinski definition) is 4. The van der Waals surface area contributed by atoms with E-state index in [0.717, 1.165) is 0 Å². The summed E-state index contributed by atoms with van der Waals surface area (Å²) in [4.78, 5) is 22.9. The van der Waals surface area contributed by atoms with Crippen molar-refractivity contribution in [3.05, 3.63) is 23.1 Å². The average Bonchev–Trinajstić information content (AvgIpc) is 2.72. The molecule has 1 atom stereocenters. The highest BCUT2D eigenvalue weighted by Gasteiger charge is 2.23. The Morgan fingerprint density at radius 3 is 2.55 bits per heavy atom. The zero-order valence-corrected chi connectivity index (χ0v) is 12.4. The van der Waals surface area contributed by atoms with Crippen LogP contribution in [0.5, 0.6) is 0 Å². The summed E-state index contributed by atoms with van der Waals surface area (Å²) in [6.07, 6.45) is 0.160. The fourth-order valence-electron chi connectivity index (χ4n) is 1.41. The molecule has 1 aromatic heterocycles. The molecule has 0 spiro atoms. The number of carboxylic acids is 1. The van der Waals surface area contributed by atoms with E-state index in [-0.39, 0.29) is 29.6 Å². The van der Waals surface area contributed by atoms with Gasteiger partial charge in [0, 0.05) is 13.0 Å². The lowest BCUT2D eigenvalue weighted by Gasteiger charge is -2.21. The Hall–Kier alpha value is -1.53. The second-order valence-corrected chi connectivity index (χ2v) is 5.59. The lowest BCUT2D eigenvalue weighted by molar-refractivity contribution is -0.140. The minimum absolute atomic E-state index is 0.0296. The summed E-state index contributed by atoms with van der Waals surface area (Å²) < 4.78 is 10.4. The Bertz CT molecular complexity index is 477. The van der Waals surface area contributed by atoms with Crippen LogP contribution in [0, 0.1) is 0 Å². The van der Waals surface area contributed by atoms with Gasteiger partial charge in [-0.05, 0) is 44.5 Å². The molecule has 0 bridgehead atoms. The molecule has 0 aliphatic carbocycles. The standard InChI is InChI=1S/C13H18ClNO5/c1-13(2,3)19-7-6-8(12(17)18)15-11(16)9-4-5-10(14)20-9/h4-5,8H,6-7H2,1-3H3,(H,15,16)(H,17,18). The van der Waals surface area contributed by atoms with Gasteiger partial charge < -0.3 is 19.6 Å². The van der Waals surface area contributed by atoms with Crippen LogP contribution in [0.2, 0.25) is 5.22 Å². The van der Waals surface area contributed by atoms with Crippen molar-refractivity contribution in [3.8, 4) is 0 Å². The predicted octanol–water partition coefficient (Wildman–Crippen LogP) is 2.32. The number of nitrogens with one attached hydrogen (secondary N) is 1. The maximum atomic E-state index is 11.8. The fraction of sp³-hybridized carbons (Fsp3) is 0.538. The van der Waals surface area contributed by atoms with Crippen molar-refractivity contribution in [3.63, 3.8) is 0 Å². The molecule has 20 heavy (non-hydrogen) atoms. The summed E-state index contributed by atoms with van der Waals surface area (Å²) in [6.45, 7) is 5.82. The van der Waals surface area contributed by atoms with Crippen molar-refractivity contribution < 1.29 is 23.8 Å². The van der Waals surface area contributed by atoms with Crippen LogP contribution < -0.4 is 5.32 Å². The van der Waals surface area contributed by atoms with Crippen LogP contribution in [0.15, 0.2) is 16.5 Å².